The molecule has 3 aliphatic heterocycles. The molecule has 32 heteroatoms. The molecule has 2 aromatic rings. The van der Waals surface area contributed by atoms with Crippen LogP contribution in [0.15, 0.2) is 75.6 Å². The Morgan fingerprint density at radius 3 is 1.53 bits per heavy atom. The highest BCUT2D eigenvalue weighted by Crippen LogP contribution is 2.27. The third-order valence-electron chi connectivity index (χ3n) is 15.0. The van der Waals surface area contributed by atoms with Crippen molar-refractivity contribution in [3.05, 3.63) is 71.8 Å². The fourth-order valence-electron chi connectivity index (χ4n) is 10.6. The fraction of sp³-hybridized carbons (Fsp3) is 0.554. The number of nitrogens with one attached hydrogen (secondary N) is 6. The first-order valence-electron chi connectivity index (χ1n) is 29.2. The highest BCUT2D eigenvalue weighted by atomic mass is 16.4. The van der Waals surface area contributed by atoms with E-state index in [9.17, 15) is 63.3 Å². The van der Waals surface area contributed by atoms with Crippen molar-refractivity contribution in [3.63, 3.8) is 0 Å². The number of rotatable bonds is 33. The van der Waals surface area contributed by atoms with Crippen LogP contribution in [0.1, 0.15) is 81.8 Å². The summed E-state index contributed by atoms with van der Waals surface area (Å²) in [5, 5.41) is 46.7. The lowest BCUT2D eigenvalue weighted by Crippen LogP contribution is -2.60. The number of carboxylic acid groups (broad SMARTS) is 1. The lowest BCUT2D eigenvalue weighted by Gasteiger charge is -2.33. The van der Waals surface area contributed by atoms with E-state index in [1.165, 1.54) is 4.90 Å². The molecule has 482 valence electrons. The van der Waals surface area contributed by atoms with Crippen LogP contribution in [0.5, 0.6) is 0 Å². The van der Waals surface area contributed by atoms with Gasteiger partial charge in [0.25, 0.3) is 0 Å². The molecule has 32 nitrogen and oxygen atoms in total. The van der Waals surface area contributed by atoms with Crippen molar-refractivity contribution < 1.29 is 63.3 Å². The maximum atomic E-state index is 14.4. The molecule has 5 rings (SSSR count). The summed E-state index contributed by atoms with van der Waals surface area (Å²) in [6, 6.07) is 5.55. The number of guanidine groups is 3. The zero-order chi connectivity index (χ0) is 64.5. The van der Waals surface area contributed by atoms with Gasteiger partial charge in [-0.15, -0.1) is 0 Å². The number of hydrogen-bond donors (Lipinski definition) is 16. The van der Waals surface area contributed by atoms with E-state index in [1.807, 2.05) is 0 Å². The molecule has 3 heterocycles. The zero-order valence-electron chi connectivity index (χ0n) is 49.0. The molecular formula is C56H85N19O13. The van der Waals surface area contributed by atoms with Gasteiger partial charge in [0.15, 0.2) is 17.9 Å². The van der Waals surface area contributed by atoms with Crippen molar-refractivity contribution in [2.45, 2.75) is 144 Å². The van der Waals surface area contributed by atoms with E-state index < -0.39 is 133 Å². The van der Waals surface area contributed by atoms with Gasteiger partial charge in [-0.3, -0.25) is 58.1 Å². The van der Waals surface area contributed by atoms with E-state index in [0.29, 0.717) is 30.4 Å². The van der Waals surface area contributed by atoms with Gasteiger partial charge in [0, 0.05) is 58.5 Å². The second kappa shape index (κ2) is 34.8. The molecular weight excluding hydrogens is 1150 g/mol. The van der Waals surface area contributed by atoms with E-state index >= 15 is 0 Å². The number of carboxylic acids is 1. The van der Waals surface area contributed by atoms with Gasteiger partial charge in [0.05, 0.1) is 25.3 Å². The normalized spacial score (nSPS) is 19.1. The molecule has 3 aliphatic rings. The molecule has 10 atom stereocenters. The fourth-order valence-corrected chi connectivity index (χ4v) is 10.6. The molecule has 3 fully saturated rings. The Bertz CT molecular complexity index is 2820. The Morgan fingerprint density at radius 2 is 1.01 bits per heavy atom. The van der Waals surface area contributed by atoms with Gasteiger partial charge in [-0.25, -0.2) is 4.79 Å². The molecule has 0 bridgehead atoms. The largest absolute Gasteiger partial charge is 0.480 e. The Hall–Kier alpha value is -9.17. The summed E-state index contributed by atoms with van der Waals surface area (Å²) in [7, 11) is 0. The third-order valence-corrected chi connectivity index (χ3v) is 15.0. The molecule has 0 radical (unpaired) electrons. The van der Waals surface area contributed by atoms with Crippen molar-refractivity contribution >= 4 is 77.0 Å². The molecule has 0 aromatic heterocycles. The average molecular weight is 1230 g/mol. The molecule has 88 heavy (non-hydrogen) atoms. The van der Waals surface area contributed by atoms with Gasteiger partial charge >= 0.3 is 5.97 Å². The van der Waals surface area contributed by atoms with Gasteiger partial charge in [-0.2, -0.15) is 0 Å². The summed E-state index contributed by atoms with van der Waals surface area (Å²) < 4.78 is 0. The lowest BCUT2D eigenvalue weighted by molar-refractivity contribution is -0.148. The van der Waals surface area contributed by atoms with E-state index in [0.717, 1.165) is 9.80 Å². The number of aliphatic hydroxyl groups is 2. The van der Waals surface area contributed by atoms with E-state index in [1.54, 1.807) is 60.7 Å². The molecule has 0 saturated carbocycles. The number of benzene rings is 2. The molecule has 2 aromatic carbocycles. The summed E-state index contributed by atoms with van der Waals surface area (Å²) in [6.45, 7) is -1.37. The van der Waals surface area contributed by atoms with Crippen molar-refractivity contribution in [1.29, 1.82) is 0 Å². The minimum Gasteiger partial charge on any atom is -0.480 e. The molecule has 23 N–H and O–H groups in total. The van der Waals surface area contributed by atoms with Crippen LogP contribution in [0.25, 0.3) is 0 Å². The van der Waals surface area contributed by atoms with Crippen LogP contribution in [-0.4, -0.2) is 220 Å². The summed E-state index contributed by atoms with van der Waals surface area (Å²) in [5.74, 6) is -8.77. The number of aliphatic hydroxyl groups excluding tert-OH is 2. The summed E-state index contributed by atoms with van der Waals surface area (Å²) in [4.78, 5) is 153. The van der Waals surface area contributed by atoms with Gasteiger partial charge in [-0.1, -0.05) is 60.7 Å². The monoisotopic (exact) mass is 1230 g/mol. The zero-order valence-corrected chi connectivity index (χ0v) is 49.0. The Morgan fingerprint density at radius 1 is 0.545 bits per heavy atom. The van der Waals surface area contributed by atoms with Crippen LogP contribution in [0, 0.1) is 0 Å². The van der Waals surface area contributed by atoms with Crippen LogP contribution >= 0.6 is 0 Å². The number of amides is 9. The van der Waals surface area contributed by atoms with Crippen molar-refractivity contribution in [2.75, 3.05) is 52.4 Å². The van der Waals surface area contributed by atoms with Crippen LogP contribution < -0.4 is 72.0 Å². The minimum atomic E-state index is -1.64. The van der Waals surface area contributed by atoms with E-state index in [-0.39, 0.29) is 121 Å². The minimum absolute atomic E-state index is 0.0151. The smallest absolute Gasteiger partial charge is 0.326 e. The number of carbonyl (C=O) groups is 10. The van der Waals surface area contributed by atoms with Gasteiger partial charge < -0.3 is 102 Å². The quantitative estimate of drug-likeness (QED) is 0.0179. The number of hydrogen-bond acceptors (Lipinski definition) is 16. The summed E-state index contributed by atoms with van der Waals surface area (Å²) >= 11 is 0. The second-order valence-electron chi connectivity index (χ2n) is 21.7. The molecule has 0 spiro atoms. The maximum absolute atomic E-state index is 14.4. The van der Waals surface area contributed by atoms with Crippen molar-refractivity contribution in [2.24, 2.45) is 55.1 Å². The number of β-amino-alcohol motifs (C(OH)–C–C–N with tert-alkyl or cyclic N) is 1. The molecule has 0 aliphatic carbocycles. The first kappa shape index (κ1) is 69.6. The molecule has 9 amide bonds. The first-order valence-corrected chi connectivity index (χ1v) is 29.2. The van der Waals surface area contributed by atoms with Crippen LogP contribution in [0.3, 0.4) is 0 Å². The third kappa shape index (κ3) is 21.7. The Labute approximate surface area is 508 Å². The molecule has 0 unspecified atom stereocenters. The number of carbonyl (C=O) groups excluding carboxylic acids is 9. The Balaban J connectivity index is 1.24. The maximum Gasteiger partial charge on any atom is 0.326 e. The van der Waals surface area contributed by atoms with E-state index in [2.05, 4.69) is 46.9 Å². The lowest BCUT2D eigenvalue weighted by atomic mass is 10.0. The van der Waals surface area contributed by atoms with Gasteiger partial charge in [-0.05, 0) is 75.3 Å². The molecule has 3 saturated heterocycles. The number of aliphatic carboxylic acids is 1. The van der Waals surface area contributed by atoms with Crippen LogP contribution in [0.2, 0.25) is 0 Å². The summed E-state index contributed by atoms with van der Waals surface area (Å²) in [5.41, 5.74) is 39.8. The standard InChI is InChI=1S/C56H85N19O13/c57-35(16-7-21-64-54(58)59)45(79)69-36(17-8-22-65-55(60)61)50(84)74-25-11-20-42(74)52(86)75-30-34(77)28-43(75)48(82)67-29-44(78)68-38(26-32-12-3-1-4-13-32)46(80)72-40(31-76)51(85)73-24-10-19-41(73)49(83)71-39(27-33-14-5-2-6-15-33)47(81)70-37(53(87)88)18-9-23-66-56(62)63/h1-6,12-15,34-43,76-77H,7-11,16-31,57H2,(H,67,82)(H,68,78)(H,69,79)(H,70,81)(H,71,83)(H,72,80)(H,87,88)(H4,58,59,64)(H4,60,61,65)(H4,62,63,66)/t34-,35-,36+,37+,38+,39+,40+,41+,42+,43+/m1/s1. The van der Waals surface area contributed by atoms with Crippen LogP contribution in [0.4, 0.5) is 0 Å². The highest BCUT2D eigenvalue weighted by Gasteiger charge is 2.46. The summed E-state index contributed by atoms with van der Waals surface area (Å²) in [6.07, 6.45) is 0.473. The number of nitrogens with two attached hydrogens (primary N) is 7. The number of aliphatic imine (C=N–C) groups is 3. The average Bonchev–Trinajstić information content (AvgIpc) is 2.07. The van der Waals surface area contributed by atoms with Gasteiger partial charge in [0.1, 0.15) is 48.3 Å². The Kier molecular flexibility index (Phi) is 27.6. The predicted molar refractivity (Wildman–Crippen MR) is 321 cm³/mol. The SMILES string of the molecule is NC(N)=NCCC[C@@H](N)C(=O)N[C@@H](CCCN=C(N)N)C(=O)N1CCC[C@H]1C(=O)N1C[C@H](O)C[C@H]1C(=O)NCC(=O)N[C@@H](Cc1ccccc1)C(=O)N[C@@H](CO)C(=O)N1CCC[C@H]1C(=O)N[C@@H](Cc1ccccc1)C(=O)N[C@@H](CCCN=C(N)N)C(=O)O. The van der Waals surface area contributed by atoms with Crippen molar-refractivity contribution in [1.82, 2.24) is 46.6 Å². The first-order chi connectivity index (χ1) is 42.0. The van der Waals surface area contributed by atoms with E-state index in [4.69, 9.17) is 40.1 Å². The van der Waals surface area contributed by atoms with Crippen molar-refractivity contribution in [3.8, 4) is 0 Å². The number of nitrogens with zero attached hydrogens (tertiary/aromatic N) is 6. The highest BCUT2D eigenvalue weighted by molar-refractivity contribution is 5.99. The van der Waals surface area contributed by atoms with Gasteiger partial charge in [0.2, 0.25) is 53.2 Å². The van der Waals surface area contributed by atoms with Crippen LogP contribution in [-0.2, 0) is 60.8 Å². The second-order valence-corrected chi connectivity index (χ2v) is 21.7. The predicted octanol–water partition coefficient (Wildman–Crippen LogP) is -6.48. The topological polar surface area (TPSA) is 533 Å². The number of likely N-dealkylation sites (tertiary alicyclic amines) is 3.